The number of hydrogen-bond acceptors (Lipinski definition) is 3. The molecular weight excluding hydrogens is 298 g/mol. The van der Waals surface area contributed by atoms with Crippen LogP contribution in [0.2, 0.25) is 0 Å². The first-order valence-corrected chi connectivity index (χ1v) is 6.78. The quantitative estimate of drug-likeness (QED) is 0.763. The average molecular weight is 314 g/mol. The molecule has 1 saturated heterocycles. The predicted octanol–water partition coefficient (Wildman–Crippen LogP) is 1.01. The van der Waals surface area contributed by atoms with Gasteiger partial charge in [0.05, 0.1) is 10.0 Å². The van der Waals surface area contributed by atoms with Crippen molar-refractivity contribution in [3.05, 3.63) is 32.7 Å². The third-order valence-corrected chi connectivity index (χ3v) is 3.67. The fraction of sp³-hybridized carbons (Fsp3) is 0.500. The molecule has 0 radical (unpaired) electrons. The molecule has 0 bridgehead atoms. The van der Waals surface area contributed by atoms with Crippen LogP contribution in [0.1, 0.15) is 30.1 Å². The molecule has 2 rings (SSSR count). The van der Waals surface area contributed by atoms with Crippen molar-refractivity contribution in [1.82, 2.24) is 15.6 Å². The highest BCUT2D eigenvalue weighted by molar-refractivity contribution is 9.10. The van der Waals surface area contributed by atoms with Crippen molar-refractivity contribution in [3.8, 4) is 0 Å². The number of H-pyrrole nitrogens is 1. The summed E-state index contributed by atoms with van der Waals surface area (Å²) in [7, 11) is 0. The van der Waals surface area contributed by atoms with Gasteiger partial charge in [0.15, 0.2) is 0 Å². The number of piperidine rings is 1. The Labute approximate surface area is 113 Å². The van der Waals surface area contributed by atoms with Crippen molar-refractivity contribution < 1.29 is 4.79 Å². The zero-order valence-corrected chi connectivity index (χ0v) is 11.7. The number of amides is 1. The molecule has 1 fully saturated rings. The maximum Gasteiger partial charge on any atom is 0.262 e. The largest absolute Gasteiger partial charge is 0.349 e. The van der Waals surface area contributed by atoms with Crippen LogP contribution in [0.15, 0.2) is 21.5 Å². The molecule has 2 atom stereocenters. The van der Waals surface area contributed by atoms with Crippen molar-refractivity contribution in [2.75, 3.05) is 6.54 Å². The van der Waals surface area contributed by atoms with Crippen molar-refractivity contribution in [3.63, 3.8) is 0 Å². The molecule has 18 heavy (non-hydrogen) atoms. The summed E-state index contributed by atoms with van der Waals surface area (Å²) in [6.07, 6.45) is 3.30. The van der Waals surface area contributed by atoms with Crippen LogP contribution < -0.4 is 16.2 Å². The van der Waals surface area contributed by atoms with Crippen LogP contribution in [-0.4, -0.2) is 29.5 Å². The molecule has 0 aromatic carbocycles. The number of hydrogen-bond donors (Lipinski definition) is 3. The van der Waals surface area contributed by atoms with Crippen molar-refractivity contribution in [2.45, 2.75) is 31.8 Å². The van der Waals surface area contributed by atoms with Gasteiger partial charge in [-0.1, -0.05) is 0 Å². The number of nitrogens with one attached hydrogen (secondary N) is 3. The minimum Gasteiger partial charge on any atom is -0.349 e. The number of halogens is 1. The van der Waals surface area contributed by atoms with Crippen molar-refractivity contribution >= 4 is 21.8 Å². The second-order valence-electron chi connectivity index (χ2n) is 4.62. The highest BCUT2D eigenvalue weighted by atomic mass is 79.9. The number of pyridine rings is 1. The van der Waals surface area contributed by atoms with Crippen LogP contribution in [-0.2, 0) is 0 Å². The van der Waals surface area contributed by atoms with Gasteiger partial charge in [0.25, 0.3) is 11.5 Å². The van der Waals surface area contributed by atoms with Gasteiger partial charge in [0, 0.05) is 18.3 Å². The Morgan fingerprint density at radius 1 is 1.56 bits per heavy atom. The van der Waals surface area contributed by atoms with Crippen LogP contribution in [0.5, 0.6) is 0 Å². The van der Waals surface area contributed by atoms with E-state index in [1.807, 2.05) is 0 Å². The van der Waals surface area contributed by atoms with Crippen LogP contribution in [0.3, 0.4) is 0 Å². The summed E-state index contributed by atoms with van der Waals surface area (Å²) in [6.45, 7) is 3.02. The van der Waals surface area contributed by atoms with Crippen molar-refractivity contribution in [1.29, 1.82) is 0 Å². The van der Waals surface area contributed by atoms with E-state index in [0.717, 1.165) is 19.4 Å². The standard InChI is InChI=1S/C12H16BrN3O2/c1-7-4-9(2-3-14-7)16-11(17)8-5-10(13)12(18)15-6-8/h5-7,9,14H,2-4H2,1H3,(H,15,18)(H,16,17). The number of aromatic amines is 1. The summed E-state index contributed by atoms with van der Waals surface area (Å²) < 4.78 is 0.369. The first kappa shape index (κ1) is 13.3. The number of carbonyl (C=O) groups is 1. The number of aromatic nitrogens is 1. The summed E-state index contributed by atoms with van der Waals surface area (Å²) in [5.74, 6) is -0.147. The lowest BCUT2D eigenvalue weighted by Gasteiger charge is -2.28. The molecule has 1 aliphatic heterocycles. The zero-order valence-electron chi connectivity index (χ0n) is 10.1. The van der Waals surface area contributed by atoms with E-state index in [4.69, 9.17) is 0 Å². The highest BCUT2D eigenvalue weighted by Gasteiger charge is 2.20. The molecular formula is C12H16BrN3O2. The Bertz CT molecular complexity index is 500. The molecule has 98 valence electrons. The summed E-state index contributed by atoms with van der Waals surface area (Å²) >= 11 is 3.12. The molecule has 1 aliphatic rings. The summed E-state index contributed by atoms with van der Waals surface area (Å²) in [6, 6.07) is 2.16. The Hall–Kier alpha value is -1.14. The van der Waals surface area contributed by atoms with Crippen LogP contribution >= 0.6 is 15.9 Å². The molecule has 2 unspecified atom stereocenters. The Morgan fingerprint density at radius 3 is 3.00 bits per heavy atom. The Morgan fingerprint density at radius 2 is 2.33 bits per heavy atom. The minimum absolute atomic E-state index is 0.147. The van der Waals surface area contributed by atoms with E-state index in [0.29, 0.717) is 16.1 Å². The monoisotopic (exact) mass is 313 g/mol. The molecule has 1 amide bonds. The maximum absolute atomic E-state index is 12.0. The number of rotatable bonds is 2. The molecule has 0 spiro atoms. The van der Waals surface area contributed by atoms with E-state index < -0.39 is 0 Å². The molecule has 1 aromatic rings. The SMILES string of the molecule is CC1CC(NC(=O)c2c[nH]c(=O)c(Br)c2)CCN1. The second-order valence-corrected chi connectivity index (χ2v) is 5.47. The normalized spacial score (nSPS) is 23.7. The van der Waals surface area contributed by atoms with Crippen LogP contribution in [0.25, 0.3) is 0 Å². The molecule has 5 nitrogen and oxygen atoms in total. The van der Waals surface area contributed by atoms with Gasteiger partial charge >= 0.3 is 0 Å². The lowest BCUT2D eigenvalue weighted by Crippen LogP contribution is -2.46. The van der Waals surface area contributed by atoms with Crippen LogP contribution in [0.4, 0.5) is 0 Å². The van der Waals surface area contributed by atoms with E-state index in [1.54, 1.807) is 6.07 Å². The smallest absolute Gasteiger partial charge is 0.262 e. The molecule has 0 saturated carbocycles. The third-order valence-electron chi connectivity index (χ3n) is 3.08. The van der Waals surface area contributed by atoms with Gasteiger partial charge in [0.2, 0.25) is 0 Å². The molecule has 6 heteroatoms. The fourth-order valence-corrected chi connectivity index (χ4v) is 2.48. The van der Waals surface area contributed by atoms with E-state index >= 15 is 0 Å². The second kappa shape index (κ2) is 5.67. The molecule has 0 aliphatic carbocycles. The van der Waals surface area contributed by atoms with Gasteiger partial charge in [-0.3, -0.25) is 9.59 Å². The van der Waals surface area contributed by atoms with E-state index in [1.165, 1.54) is 6.20 Å². The van der Waals surface area contributed by atoms with Gasteiger partial charge in [-0.15, -0.1) is 0 Å². The lowest BCUT2D eigenvalue weighted by atomic mass is 10.0. The summed E-state index contributed by atoms with van der Waals surface area (Å²) in [5.41, 5.74) is 0.231. The Kier molecular flexibility index (Phi) is 4.19. The number of carbonyl (C=O) groups excluding carboxylic acids is 1. The minimum atomic E-state index is -0.234. The van der Waals surface area contributed by atoms with Gasteiger partial charge in [0.1, 0.15) is 0 Å². The Balaban J connectivity index is 2.02. The summed E-state index contributed by atoms with van der Waals surface area (Å²) in [4.78, 5) is 25.7. The zero-order chi connectivity index (χ0) is 13.1. The maximum atomic E-state index is 12.0. The first-order valence-electron chi connectivity index (χ1n) is 5.98. The molecule has 3 N–H and O–H groups in total. The molecule has 2 heterocycles. The average Bonchev–Trinajstić information content (AvgIpc) is 2.32. The topological polar surface area (TPSA) is 74.0 Å². The first-order chi connectivity index (χ1) is 8.56. The lowest BCUT2D eigenvalue weighted by molar-refractivity contribution is 0.0925. The summed E-state index contributed by atoms with van der Waals surface area (Å²) in [5, 5.41) is 6.33. The van der Waals surface area contributed by atoms with E-state index in [9.17, 15) is 9.59 Å². The van der Waals surface area contributed by atoms with Gasteiger partial charge in [-0.05, 0) is 48.3 Å². The van der Waals surface area contributed by atoms with Gasteiger partial charge in [-0.2, -0.15) is 0 Å². The highest BCUT2D eigenvalue weighted by Crippen LogP contribution is 2.10. The third kappa shape index (κ3) is 3.20. The van der Waals surface area contributed by atoms with E-state index in [-0.39, 0.29) is 17.5 Å². The van der Waals surface area contributed by atoms with Gasteiger partial charge in [-0.25, -0.2) is 0 Å². The van der Waals surface area contributed by atoms with Gasteiger partial charge < -0.3 is 15.6 Å². The van der Waals surface area contributed by atoms with Crippen molar-refractivity contribution in [2.24, 2.45) is 0 Å². The fourth-order valence-electron chi connectivity index (χ4n) is 2.12. The van der Waals surface area contributed by atoms with E-state index in [2.05, 4.69) is 38.5 Å². The van der Waals surface area contributed by atoms with Crippen LogP contribution in [0, 0.1) is 0 Å². The predicted molar refractivity (Wildman–Crippen MR) is 72.7 cm³/mol. The molecule has 1 aromatic heterocycles.